The lowest BCUT2D eigenvalue weighted by atomic mass is 9.97. The highest BCUT2D eigenvalue weighted by Gasteiger charge is 2.33. The predicted octanol–water partition coefficient (Wildman–Crippen LogP) is 5.93. The van der Waals surface area contributed by atoms with Gasteiger partial charge in [-0.15, -0.1) is 11.3 Å². The lowest BCUT2D eigenvalue weighted by Gasteiger charge is -2.31. The summed E-state index contributed by atoms with van der Waals surface area (Å²) in [6.45, 7) is 0.114. The summed E-state index contributed by atoms with van der Waals surface area (Å²) in [4.78, 5) is 36.8. The number of carbonyl (C=O) groups is 2. The zero-order valence-electron chi connectivity index (χ0n) is 21.6. The Kier molecular flexibility index (Phi) is 8.59. The number of likely N-dealkylation sites (tertiary alicyclic amines) is 1. The van der Waals surface area contributed by atoms with E-state index in [0.29, 0.717) is 70.0 Å². The summed E-state index contributed by atoms with van der Waals surface area (Å²) < 4.78 is 58.4. The zero-order chi connectivity index (χ0) is 29.3. The summed E-state index contributed by atoms with van der Waals surface area (Å²) >= 11 is 7.84. The van der Waals surface area contributed by atoms with Crippen LogP contribution in [0.25, 0.3) is 0 Å². The Hall–Kier alpha value is -3.52. The van der Waals surface area contributed by atoms with Crippen LogP contribution < -0.4 is 0 Å². The van der Waals surface area contributed by atoms with Crippen molar-refractivity contribution in [3.8, 4) is 0 Å². The fraction of sp³-hybridized carbons (Fsp3) is 0.423. The molecule has 1 aromatic carbocycles. The van der Waals surface area contributed by atoms with E-state index in [9.17, 15) is 27.2 Å². The van der Waals surface area contributed by atoms with Gasteiger partial charge in [0.25, 0.3) is 12.9 Å². The van der Waals surface area contributed by atoms with E-state index in [0.717, 1.165) is 5.01 Å². The maximum atomic E-state index is 13.3. The molecule has 1 atom stereocenters. The second-order valence-electron chi connectivity index (χ2n) is 9.50. The van der Waals surface area contributed by atoms with Gasteiger partial charge in [0.1, 0.15) is 33.7 Å². The number of alkyl halides is 4. The third-order valence-electron chi connectivity index (χ3n) is 7.02. The Morgan fingerprint density at radius 3 is 2.59 bits per heavy atom. The van der Waals surface area contributed by atoms with Crippen LogP contribution in [0.15, 0.2) is 35.5 Å². The van der Waals surface area contributed by atoms with E-state index in [1.807, 2.05) is 0 Å². The summed E-state index contributed by atoms with van der Waals surface area (Å²) in [5.41, 5.74) is 0.560. The third kappa shape index (κ3) is 6.08. The number of methoxy groups -OCH3 is 1. The first-order valence-corrected chi connectivity index (χ1v) is 13.8. The Bertz CT molecular complexity index is 1470. The number of rotatable bonds is 8. The van der Waals surface area contributed by atoms with E-state index in [-0.39, 0.29) is 5.92 Å². The number of piperidine rings is 1. The van der Waals surface area contributed by atoms with E-state index in [1.165, 1.54) is 23.3 Å². The van der Waals surface area contributed by atoms with Crippen LogP contribution in [0.5, 0.6) is 0 Å². The van der Waals surface area contributed by atoms with E-state index >= 15 is 0 Å². The van der Waals surface area contributed by atoms with E-state index in [2.05, 4.69) is 10.3 Å². The number of hydrogen-bond acceptors (Lipinski definition) is 8. The number of hydrogen-bond donors (Lipinski definition) is 0. The van der Waals surface area contributed by atoms with E-state index in [4.69, 9.17) is 26.2 Å². The molecule has 1 fully saturated rings. The standard InChI is InChI=1S/C26H24ClF4N5O4S/c1-39-26(38)15-5-3-2-4-14(15)19-11-16(34-40-19)21-22(27)41-25(32-21)13-6-8-35(9-7-13)20(37)12-36-18(24(30)31)10-17(33-36)23(28)29/h2-5,10,13,19,23-24H,6-9,11-12H2,1H3. The minimum Gasteiger partial charge on any atom is -0.465 e. The monoisotopic (exact) mass is 613 g/mol. The number of amides is 1. The van der Waals surface area contributed by atoms with Crippen LogP contribution in [0.2, 0.25) is 4.34 Å². The van der Waals surface area contributed by atoms with Gasteiger partial charge in [-0.3, -0.25) is 9.48 Å². The summed E-state index contributed by atoms with van der Waals surface area (Å²) in [6.07, 6.45) is -5.10. The molecule has 1 saturated heterocycles. The fourth-order valence-electron chi connectivity index (χ4n) is 4.89. The maximum absolute atomic E-state index is 13.3. The first-order valence-electron chi connectivity index (χ1n) is 12.6. The molecule has 4 heterocycles. The Morgan fingerprint density at radius 2 is 1.90 bits per heavy atom. The van der Waals surface area contributed by atoms with Gasteiger partial charge < -0.3 is 14.5 Å². The summed E-state index contributed by atoms with van der Waals surface area (Å²) in [5, 5.41) is 8.44. The molecule has 0 N–H and O–H groups in total. The largest absolute Gasteiger partial charge is 0.465 e. The highest BCUT2D eigenvalue weighted by molar-refractivity contribution is 7.16. The number of aromatic nitrogens is 3. The van der Waals surface area contributed by atoms with Crippen molar-refractivity contribution in [3.63, 3.8) is 0 Å². The number of ether oxygens (including phenoxy) is 1. The molecule has 2 aliphatic rings. The van der Waals surface area contributed by atoms with Crippen molar-refractivity contribution >= 4 is 40.5 Å². The number of oxime groups is 1. The van der Waals surface area contributed by atoms with Crippen LogP contribution in [-0.4, -0.2) is 57.5 Å². The molecule has 5 rings (SSSR count). The highest BCUT2D eigenvalue weighted by atomic mass is 35.5. The Morgan fingerprint density at radius 1 is 1.17 bits per heavy atom. The van der Waals surface area contributed by atoms with E-state index < -0.39 is 48.8 Å². The van der Waals surface area contributed by atoms with Gasteiger partial charge in [0.2, 0.25) is 5.91 Å². The number of nitrogens with zero attached hydrogens (tertiary/aromatic N) is 5. The Labute approximate surface area is 240 Å². The van der Waals surface area contributed by atoms with Crippen molar-refractivity contribution in [2.24, 2.45) is 5.16 Å². The second-order valence-corrected chi connectivity index (χ2v) is 11.1. The van der Waals surface area contributed by atoms with Gasteiger partial charge in [-0.25, -0.2) is 27.3 Å². The lowest BCUT2D eigenvalue weighted by molar-refractivity contribution is -0.133. The molecule has 1 unspecified atom stereocenters. The number of halogens is 5. The van der Waals surface area contributed by atoms with E-state index in [1.54, 1.807) is 24.3 Å². The fourth-order valence-corrected chi connectivity index (χ4v) is 6.26. The van der Waals surface area contributed by atoms with Gasteiger partial charge in [0, 0.05) is 31.0 Å². The third-order valence-corrected chi connectivity index (χ3v) is 8.43. The Balaban J connectivity index is 1.21. The molecule has 9 nitrogen and oxygen atoms in total. The molecule has 0 aliphatic carbocycles. The SMILES string of the molecule is COC(=O)c1ccccc1C1CC(c2nc(C3CCN(C(=O)Cn4nc(C(F)F)cc4C(F)F)CC3)sc2Cl)=NO1. The molecule has 41 heavy (non-hydrogen) atoms. The van der Waals surface area contributed by atoms with Crippen LogP contribution in [0.1, 0.15) is 82.1 Å². The molecule has 0 saturated carbocycles. The predicted molar refractivity (Wildman–Crippen MR) is 141 cm³/mol. The van der Waals surface area contributed by atoms with Crippen LogP contribution in [0, 0.1) is 0 Å². The number of benzene rings is 1. The van der Waals surface area contributed by atoms with Gasteiger partial charge in [-0.2, -0.15) is 5.10 Å². The molecule has 15 heteroatoms. The average molecular weight is 614 g/mol. The molecule has 218 valence electrons. The minimum absolute atomic E-state index is 0.000772. The molecular weight excluding hydrogens is 590 g/mol. The molecular formula is C26H24ClF4N5O4S. The lowest BCUT2D eigenvalue weighted by Crippen LogP contribution is -2.40. The quantitative estimate of drug-likeness (QED) is 0.231. The van der Waals surface area contributed by atoms with Gasteiger partial charge in [0.05, 0.1) is 17.7 Å². The first-order chi connectivity index (χ1) is 19.7. The van der Waals surface area contributed by atoms with Crippen molar-refractivity contribution in [2.45, 2.75) is 50.7 Å². The highest BCUT2D eigenvalue weighted by Crippen LogP contribution is 2.39. The van der Waals surface area contributed by atoms with Crippen LogP contribution >= 0.6 is 22.9 Å². The van der Waals surface area contributed by atoms with Gasteiger partial charge in [-0.1, -0.05) is 35.0 Å². The van der Waals surface area contributed by atoms with Crippen molar-refractivity contribution in [1.29, 1.82) is 0 Å². The van der Waals surface area contributed by atoms with Crippen LogP contribution in [0.3, 0.4) is 0 Å². The van der Waals surface area contributed by atoms with Crippen molar-refractivity contribution < 1.29 is 36.7 Å². The molecule has 2 aromatic heterocycles. The van der Waals surface area contributed by atoms with Crippen molar-refractivity contribution in [3.05, 3.63) is 67.9 Å². The van der Waals surface area contributed by atoms with Crippen LogP contribution in [-0.2, 0) is 20.9 Å². The van der Waals surface area contributed by atoms with Gasteiger partial charge in [-0.05, 0) is 25.0 Å². The van der Waals surface area contributed by atoms with Crippen LogP contribution in [0.4, 0.5) is 17.6 Å². The molecule has 3 aromatic rings. The average Bonchev–Trinajstić information content (AvgIpc) is 3.71. The number of esters is 1. The molecule has 2 aliphatic heterocycles. The number of carbonyl (C=O) groups excluding carboxylic acids is 2. The maximum Gasteiger partial charge on any atom is 0.338 e. The van der Waals surface area contributed by atoms with Crippen molar-refractivity contribution in [2.75, 3.05) is 20.2 Å². The number of thiazole rings is 1. The zero-order valence-corrected chi connectivity index (χ0v) is 23.2. The molecule has 0 radical (unpaired) electrons. The van der Waals surface area contributed by atoms with Gasteiger partial charge in [0.15, 0.2) is 6.10 Å². The minimum atomic E-state index is -3.04. The summed E-state index contributed by atoms with van der Waals surface area (Å²) in [6, 6.07) is 7.58. The normalized spacial score (nSPS) is 17.7. The summed E-state index contributed by atoms with van der Waals surface area (Å²) in [7, 11) is 1.31. The second kappa shape index (κ2) is 12.1. The smallest absolute Gasteiger partial charge is 0.338 e. The van der Waals surface area contributed by atoms with Gasteiger partial charge >= 0.3 is 5.97 Å². The van der Waals surface area contributed by atoms with Crippen molar-refractivity contribution in [1.82, 2.24) is 19.7 Å². The molecule has 0 spiro atoms. The molecule has 0 bridgehead atoms. The summed E-state index contributed by atoms with van der Waals surface area (Å²) in [5.74, 6) is -0.961. The molecule has 1 amide bonds. The topological polar surface area (TPSA) is 98.9 Å². The first kappa shape index (κ1) is 29.0.